The fourth-order valence-electron chi connectivity index (χ4n) is 3.38. The van der Waals surface area contributed by atoms with Crippen LogP contribution in [0, 0.1) is 0 Å². The molecule has 0 aliphatic carbocycles. The van der Waals surface area contributed by atoms with Crippen LogP contribution in [0.2, 0.25) is 0 Å². The normalized spacial score (nSPS) is 13.6. The highest BCUT2D eigenvalue weighted by Crippen LogP contribution is 2.23. The van der Waals surface area contributed by atoms with Gasteiger partial charge in [-0.1, -0.05) is 12.1 Å². The minimum Gasteiger partial charge on any atom is -0.483 e. The molecule has 10 nitrogen and oxygen atoms in total. The number of fused-ring (bicyclic) bond motifs is 1. The molecule has 3 aromatic rings. The summed E-state index contributed by atoms with van der Waals surface area (Å²) in [6.45, 7) is 0.717. The number of hydrogen-bond donors (Lipinski definition) is 2. The molecule has 1 aliphatic rings. The number of anilines is 2. The molecule has 0 saturated heterocycles. The molecule has 0 fully saturated rings. The predicted molar refractivity (Wildman–Crippen MR) is 125 cm³/mol. The second kappa shape index (κ2) is 10.3. The van der Waals surface area contributed by atoms with Crippen LogP contribution in [0.15, 0.2) is 71.9 Å². The Balaban J connectivity index is 1.26. The van der Waals surface area contributed by atoms with Gasteiger partial charge < -0.3 is 10.1 Å². The van der Waals surface area contributed by atoms with Crippen molar-refractivity contribution in [1.82, 2.24) is 14.9 Å². The summed E-state index contributed by atoms with van der Waals surface area (Å²) in [6.07, 6.45) is 4.21. The summed E-state index contributed by atoms with van der Waals surface area (Å²) in [5.41, 5.74) is 1.13. The number of sulfonamides is 1. The molecule has 0 unspecified atom stereocenters. The van der Waals surface area contributed by atoms with Crippen LogP contribution in [0.4, 0.5) is 11.6 Å². The Morgan fingerprint density at radius 2 is 1.68 bits per heavy atom. The van der Waals surface area contributed by atoms with Gasteiger partial charge in [-0.05, 0) is 55.3 Å². The maximum Gasteiger partial charge on any atom is 0.267 e. The molecule has 0 bridgehead atoms. The first kappa shape index (κ1) is 23.2. The van der Waals surface area contributed by atoms with Crippen LogP contribution in [0.25, 0.3) is 0 Å². The third-order valence-corrected chi connectivity index (χ3v) is 6.45. The molecule has 2 aromatic carbocycles. The molecular formula is C23H23N5O5S. The average Bonchev–Trinajstić information content (AvgIpc) is 2.96. The fourth-order valence-corrected chi connectivity index (χ4v) is 4.34. The van der Waals surface area contributed by atoms with Gasteiger partial charge in [0.1, 0.15) is 5.75 Å². The number of imide groups is 1. The number of carbonyl (C=O) groups excluding carboxylic acids is 2. The van der Waals surface area contributed by atoms with Crippen molar-refractivity contribution in [2.75, 3.05) is 29.7 Å². The number of hydrogen-bond acceptors (Lipinski definition) is 8. The van der Waals surface area contributed by atoms with Gasteiger partial charge in [-0.2, -0.15) is 0 Å². The van der Waals surface area contributed by atoms with Crippen LogP contribution < -0.4 is 14.8 Å². The first-order valence-electron chi connectivity index (χ1n) is 10.6. The van der Waals surface area contributed by atoms with Crippen molar-refractivity contribution in [1.29, 1.82) is 0 Å². The van der Waals surface area contributed by atoms with Gasteiger partial charge >= 0.3 is 0 Å². The van der Waals surface area contributed by atoms with E-state index in [4.69, 9.17) is 4.74 Å². The lowest BCUT2D eigenvalue weighted by atomic mass is 10.1. The molecule has 11 heteroatoms. The van der Waals surface area contributed by atoms with Crippen molar-refractivity contribution >= 4 is 33.5 Å². The third-order valence-electron chi connectivity index (χ3n) is 5.11. The Hall–Kier alpha value is -3.99. The van der Waals surface area contributed by atoms with Gasteiger partial charge in [0.15, 0.2) is 6.61 Å². The number of benzene rings is 2. The first-order valence-corrected chi connectivity index (χ1v) is 12.1. The average molecular weight is 482 g/mol. The molecule has 1 aromatic heterocycles. The van der Waals surface area contributed by atoms with E-state index in [-0.39, 0.29) is 29.3 Å². The zero-order chi connectivity index (χ0) is 24.0. The largest absolute Gasteiger partial charge is 0.483 e. The van der Waals surface area contributed by atoms with E-state index in [2.05, 4.69) is 20.0 Å². The molecule has 0 radical (unpaired) electrons. The van der Waals surface area contributed by atoms with E-state index in [0.717, 1.165) is 5.69 Å². The van der Waals surface area contributed by atoms with E-state index in [1.165, 1.54) is 29.4 Å². The van der Waals surface area contributed by atoms with Crippen LogP contribution in [0.1, 0.15) is 23.2 Å². The number of rotatable bonds is 9. The van der Waals surface area contributed by atoms with E-state index >= 15 is 0 Å². The number of carbonyl (C=O) groups is 2. The monoisotopic (exact) mass is 481 g/mol. The highest BCUT2D eigenvalue weighted by Gasteiger charge is 2.28. The number of aromatic nitrogens is 2. The number of para-hydroxylation sites is 1. The number of unbranched alkanes of at least 4 members (excludes halogenated alkanes) is 1. The molecule has 0 saturated carbocycles. The zero-order valence-electron chi connectivity index (χ0n) is 18.2. The van der Waals surface area contributed by atoms with Crippen LogP contribution in [0.5, 0.6) is 5.75 Å². The maximum atomic E-state index is 12.7. The number of nitrogens with one attached hydrogen (secondary N) is 2. The lowest BCUT2D eigenvalue weighted by Crippen LogP contribution is -2.38. The molecule has 2 N–H and O–H groups in total. The van der Waals surface area contributed by atoms with Gasteiger partial charge in [-0.25, -0.2) is 23.1 Å². The van der Waals surface area contributed by atoms with E-state index in [1.807, 2.05) is 0 Å². The van der Waals surface area contributed by atoms with Crippen molar-refractivity contribution in [2.45, 2.75) is 17.7 Å². The molecule has 4 rings (SSSR count). The minimum absolute atomic E-state index is 0.00104. The van der Waals surface area contributed by atoms with E-state index < -0.39 is 10.0 Å². The molecule has 34 heavy (non-hydrogen) atoms. The van der Waals surface area contributed by atoms with Gasteiger partial charge in [0, 0.05) is 31.2 Å². The van der Waals surface area contributed by atoms with Gasteiger partial charge in [-0.3, -0.25) is 14.5 Å². The minimum atomic E-state index is -3.79. The molecule has 2 amide bonds. The Morgan fingerprint density at radius 1 is 0.941 bits per heavy atom. The zero-order valence-corrected chi connectivity index (χ0v) is 19.0. The number of nitrogens with zero attached hydrogens (tertiary/aromatic N) is 3. The number of amides is 2. The molecule has 1 aliphatic heterocycles. The van der Waals surface area contributed by atoms with Crippen LogP contribution in [-0.2, 0) is 14.8 Å². The summed E-state index contributed by atoms with van der Waals surface area (Å²) in [4.78, 5) is 34.1. The topological polar surface area (TPSA) is 131 Å². The van der Waals surface area contributed by atoms with Crippen molar-refractivity contribution in [3.63, 3.8) is 0 Å². The Bertz CT molecular complexity index is 1270. The third kappa shape index (κ3) is 5.49. The lowest BCUT2D eigenvalue weighted by Gasteiger charge is -2.18. The summed E-state index contributed by atoms with van der Waals surface area (Å²) < 4.78 is 32.6. The first-order chi connectivity index (χ1) is 16.4. The van der Waals surface area contributed by atoms with Crippen LogP contribution in [-0.4, -0.2) is 54.8 Å². The van der Waals surface area contributed by atoms with E-state index in [0.29, 0.717) is 37.2 Å². The Labute approximate surface area is 197 Å². The SMILES string of the molecule is O=C1COc2ccccc2C(=O)N1CCCCNc1ccc(S(=O)(=O)Nc2ncccn2)cc1. The van der Waals surface area contributed by atoms with E-state index in [9.17, 15) is 18.0 Å². The molecule has 0 atom stereocenters. The van der Waals surface area contributed by atoms with Gasteiger partial charge in [0.2, 0.25) is 5.95 Å². The predicted octanol–water partition coefficient (Wildman–Crippen LogP) is 2.53. The summed E-state index contributed by atoms with van der Waals surface area (Å²) >= 11 is 0. The van der Waals surface area contributed by atoms with Crippen LogP contribution in [0.3, 0.4) is 0 Å². The molecular weight excluding hydrogens is 458 g/mol. The second-order valence-corrected chi connectivity index (χ2v) is 9.15. The molecule has 0 spiro atoms. The standard InChI is InChI=1S/C23H23N5O5S/c29-21-16-33-20-7-2-1-6-19(20)22(30)28(21)15-4-3-12-24-17-8-10-18(11-9-17)34(31,32)27-23-25-13-5-14-26-23/h1-2,5-11,13-14,24H,3-4,12,15-16H2,(H,25,26,27). The summed E-state index contributed by atoms with van der Waals surface area (Å²) in [5, 5.41) is 3.21. The second-order valence-electron chi connectivity index (χ2n) is 7.47. The summed E-state index contributed by atoms with van der Waals surface area (Å²) in [7, 11) is -3.79. The van der Waals surface area contributed by atoms with Gasteiger partial charge in [0.05, 0.1) is 10.5 Å². The summed E-state index contributed by atoms with van der Waals surface area (Å²) in [6, 6.07) is 14.7. The van der Waals surface area contributed by atoms with Gasteiger partial charge in [0.25, 0.3) is 21.8 Å². The quantitative estimate of drug-likeness (QED) is 0.352. The van der Waals surface area contributed by atoms with Crippen molar-refractivity contribution in [3.8, 4) is 5.75 Å². The summed E-state index contributed by atoms with van der Waals surface area (Å²) in [5.74, 6) is -0.291. The Kier molecular flexibility index (Phi) is 7.02. The van der Waals surface area contributed by atoms with Crippen molar-refractivity contribution < 1.29 is 22.7 Å². The van der Waals surface area contributed by atoms with Crippen molar-refractivity contribution in [3.05, 3.63) is 72.6 Å². The Morgan fingerprint density at radius 3 is 2.44 bits per heavy atom. The molecule has 2 heterocycles. The van der Waals surface area contributed by atoms with E-state index in [1.54, 1.807) is 42.5 Å². The van der Waals surface area contributed by atoms with Crippen molar-refractivity contribution in [2.24, 2.45) is 0 Å². The van der Waals surface area contributed by atoms with Gasteiger partial charge in [-0.15, -0.1) is 0 Å². The highest BCUT2D eigenvalue weighted by atomic mass is 32.2. The smallest absolute Gasteiger partial charge is 0.267 e. The van der Waals surface area contributed by atoms with Crippen LogP contribution >= 0.6 is 0 Å². The maximum absolute atomic E-state index is 12.7. The number of ether oxygens (including phenoxy) is 1. The highest BCUT2D eigenvalue weighted by molar-refractivity contribution is 7.92. The lowest BCUT2D eigenvalue weighted by molar-refractivity contribution is -0.130. The molecule has 176 valence electrons. The fraction of sp³-hybridized carbons (Fsp3) is 0.217.